The highest BCUT2D eigenvalue weighted by Gasteiger charge is 2.24. The van der Waals surface area contributed by atoms with E-state index < -0.39 is 46.1 Å². The van der Waals surface area contributed by atoms with Gasteiger partial charge in [-0.15, -0.1) is 0 Å². The second kappa shape index (κ2) is 8.56. The molecule has 126 valence electrons. The lowest BCUT2D eigenvalue weighted by molar-refractivity contribution is -0.137. The van der Waals surface area contributed by atoms with Crippen LogP contribution in [0.3, 0.4) is 0 Å². The van der Waals surface area contributed by atoms with Crippen molar-refractivity contribution in [3.8, 4) is 0 Å². The lowest BCUT2D eigenvalue weighted by Crippen LogP contribution is -2.13. The highest BCUT2D eigenvalue weighted by Crippen LogP contribution is 2.25. The molecule has 4 nitrogen and oxygen atoms in total. The Bertz CT molecular complexity index is 662. The predicted octanol–water partition coefficient (Wildman–Crippen LogP) is 3.08. The SMILES string of the molecule is CCOC(=O)C(C=NCCS)=C(O)c1cc(F)c(F)c(F)c1F. The third kappa shape index (κ3) is 4.47. The van der Waals surface area contributed by atoms with Crippen LogP contribution in [0.15, 0.2) is 16.6 Å². The normalized spacial score (nSPS) is 12.4. The molecule has 0 aromatic heterocycles. The molecule has 0 saturated heterocycles. The number of hydrogen-bond acceptors (Lipinski definition) is 5. The van der Waals surface area contributed by atoms with E-state index in [1.54, 1.807) is 0 Å². The first kappa shape index (κ1) is 19.0. The molecule has 1 rings (SSSR count). The van der Waals surface area contributed by atoms with Crippen molar-refractivity contribution in [3.63, 3.8) is 0 Å². The second-order valence-corrected chi connectivity index (χ2v) is 4.54. The van der Waals surface area contributed by atoms with Crippen molar-refractivity contribution >= 4 is 30.6 Å². The lowest BCUT2D eigenvalue weighted by atomic mass is 10.1. The molecule has 0 bridgehead atoms. The van der Waals surface area contributed by atoms with E-state index in [2.05, 4.69) is 22.4 Å². The van der Waals surface area contributed by atoms with Gasteiger partial charge < -0.3 is 9.84 Å². The van der Waals surface area contributed by atoms with Crippen LogP contribution in [0.4, 0.5) is 17.6 Å². The van der Waals surface area contributed by atoms with Gasteiger partial charge >= 0.3 is 5.97 Å². The Balaban J connectivity index is 3.49. The summed E-state index contributed by atoms with van der Waals surface area (Å²) in [6.07, 6.45) is 0.863. The number of aliphatic hydroxyl groups is 1. The van der Waals surface area contributed by atoms with Gasteiger partial charge in [0.05, 0.1) is 12.2 Å². The van der Waals surface area contributed by atoms with Crippen LogP contribution in [0.2, 0.25) is 0 Å². The quantitative estimate of drug-likeness (QED) is 0.121. The molecule has 0 atom stereocenters. The van der Waals surface area contributed by atoms with Crippen LogP contribution in [0.1, 0.15) is 12.5 Å². The molecule has 9 heteroatoms. The van der Waals surface area contributed by atoms with Crippen molar-refractivity contribution in [2.45, 2.75) is 6.92 Å². The molecule has 1 aromatic rings. The van der Waals surface area contributed by atoms with E-state index >= 15 is 0 Å². The third-order valence-electron chi connectivity index (χ3n) is 2.56. The topological polar surface area (TPSA) is 58.9 Å². The van der Waals surface area contributed by atoms with E-state index in [1.165, 1.54) is 6.92 Å². The fourth-order valence-electron chi connectivity index (χ4n) is 1.52. The van der Waals surface area contributed by atoms with E-state index in [0.717, 1.165) is 6.21 Å². The Hall–Kier alpha value is -2.03. The maximum absolute atomic E-state index is 13.7. The zero-order valence-corrected chi connectivity index (χ0v) is 12.8. The molecular formula is C14H13F4NO3S. The number of halogens is 4. The summed E-state index contributed by atoms with van der Waals surface area (Å²) in [5.41, 5.74) is -1.65. The smallest absolute Gasteiger partial charge is 0.343 e. The minimum absolute atomic E-state index is 0.0648. The van der Waals surface area contributed by atoms with Crippen molar-refractivity contribution in [3.05, 3.63) is 40.5 Å². The Kier molecular flexibility index (Phi) is 7.08. The van der Waals surface area contributed by atoms with Gasteiger partial charge in [-0.05, 0) is 13.0 Å². The maximum atomic E-state index is 13.7. The molecule has 0 aliphatic heterocycles. The number of thiol groups is 1. The number of aliphatic hydroxyl groups excluding tert-OH is 1. The number of ether oxygens (including phenoxy) is 1. The van der Waals surface area contributed by atoms with Gasteiger partial charge in [-0.3, -0.25) is 4.99 Å². The van der Waals surface area contributed by atoms with Crippen molar-refractivity contribution in [2.75, 3.05) is 18.9 Å². The first-order chi connectivity index (χ1) is 10.8. The van der Waals surface area contributed by atoms with Crippen LogP contribution in [-0.2, 0) is 9.53 Å². The molecule has 0 heterocycles. The molecule has 0 amide bonds. The standard InChI is InChI=1S/C14H13F4NO3S/c1-2-22-14(21)8(6-19-3-4-23)13(20)7-5-9(15)11(17)12(18)10(7)16/h5-6,20,23H,2-4H2,1H3. The molecule has 0 spiro atoms. The van der Waals surface area contributed by atoms with Gasteiger partial charge in [-0.25, -0.2) is 22.4 Å². The lowest BCUT2D eigenvalue weighted by Gasteiger charge is -2.09. The summed E-state index contributed by atoms with van der Waals surface area (Å²) in [6, 6.07) is 0.231. The first-order valence-corrected chi connectivity index (χ1v) is 7.02. The van der Waals surface area contributed by atoms with Crippen LogP contribution in [0, 0.1) is 23.3 Å². The second-order valence-electron chi connectivity index (χ2n) is 4.09. The van der Waals surface area contributed by atoms with Crippen molar-refractivity contribution in [2.24, 2.45) is 4.99 Å². The summed E-state index contributed by atoms with van der Waals surface area (Å²) in [7, 11) is 0. The Morgan fingerprint density at radius 3 is 2.52 bits per heavy atom. The number of aliphatic imine (C=N–C) groups is 1. The highest BCUT2D eigenvalue weighted by molar-refractivity contribution is 7.80. The number of nitrogens with zero attached hydrogens (tertiary/aromatic N) is 1. The van der Waals surface area contributed by atoms with E-state index in [4.69, 9.17) is 0 Å². The highest BCUT2D eigenvalue weighted by atomic mass is 32.1. The molecule has 0 fully saturated rings. The third-order valence-corrected chi connectivity index (χ3v) is 2.76. The first-order valence-electron chi connectivity index (χ1n) is 6.39. The number of benzene rings is 1. The fourth-order valence-corrected chi connectivity index (χ4v) is 1.64. The average molecular weight is 351 g/mol. The van der Waals surface area contributed by atoms with Gasteiger partial charge in [-0.2, -0.15) is 12.6 Å². The van der Waals surface area contributed by atoms with Gasteiger partial charge in [0.1, 0.15) is 11.3 Å². The molecule has 23 heavy (non-hydrogen) atoms. The Labute approximate surface area is 134 Å². The fraction of sp³-hybridized carbons (Fsp3) is 0.286. The summed E-state index contributed by atoms with van der Waals surface area (Å²) in [5.74, 6) is -9.59. The van der Waals surface area contributed by atoms with Gasteiger partial charge in [0.15, 0.2) is 23.3 Å². The molecule has 0 unspecified atom stereocenters. The van der Waals surface area contributed by atoms with E-state index in [1.807, 2.05) is 0 Å². The number of esters is 1. The van der Waals surface area contributed by atoms with E-state index in [9.17, 15) is 27.5 Å². The maximum Gasteiger partial charge on any atom is 0.343 e. The number of rotatable bonds is 6. The summed E-state index contributed by atoms with van der Waals surface area (Å²) in [4.78, 5) is 15.5. The monoisotopic (exact) mass is 351 g/mol. The molecule has 0 aliphatic rings. The zero-order valence-electron chi connectivity index (χ0n) is 11.9. The molecular weight excluding hydrogens is 338 g/mol. The Morgan fingerprint density at radius 1 is 1.30 bits per heavy atom. The van der Waals surface area contributed by atoms with Crippen LogP contribution in [0.5, 0.6) is 0 Å². The summed E-state index contributed by atoms with van der Waals surface area (Å²) in [6.45, 7) is 1.58. The molecule has 1 N–H and O–H groups in total. The number of carbonyl (C=O) groups is 1. The number of hydrogen-bond donors (Lipinski definition) is 2. The average Bonchev–Trinajstić information content (AvgIpc) is 2.52. The summed E-state index contributed by atoms with van der Waals surface area (Å²) >= 11 is 3.88. The molecule has 0 radical (unpaired) electrons. The summed E-state index contributed by atoms with van der Waals surface area (Å²) in [5, 5.41) is 9.97. The van der Waals surface area contributed by atoms with Gasteiger partial charge in [0, 0.05) is 18.5 Å². The minimum Gasteiger partial charge on any atom is -0.506 e. The van der Waals surface area contributed by atoms with Crippen LogP contribution in [-0.4, -0.2) is 36.2 Å². The molecule has 0 aliphatic carbocycles. The van der Waals surface area contributed by atoms with Crippen LogP contribution < -0.4 is 0 Å². The predicted molar refractivity (Wildman–Crippen MR) is 79.7 cm³/mol. The van der Waals surface area contributed by atoms with Crippen molar-refractivity contribution in [1.82, 2.24) is 0 Å². The summed E-state index contributed by atoms with van der Waals surface area (Å²) < 4.78 is 57.8. The number of carbonyl (C=O) groups excluding carboxylic acids is 1. The van der Waals surface area contributed by atoms with Crippen LogP contribution >= 0.6 is 12.6 Å². The van der Waals surface area contributed by atoms with Gasteiger partial charge in [0.2, 0.25) is 0 Å². The van der Waals surface area contributed by atoms with Crippen molar-refractivity contribution < 1.29 is 32.2 Å². The largest absolute Gasteiger partial charge is 0.506 e. The zero-order chi connectivity index (χ0) is 17.6. The van der Waals surface area contributed by atoms with Gasteiger partial charge in [0.25, 0.3) is 0 Å². The van der Waals surface area contributed by atoms with E-state index in [-0.39, 0.29) is 19.2 Å². The van der Waals surface area contributed by atoms with Gasteiger partial charge in [-0.1, -0.05) is 0 Å². The van der Waals surface area contributed by atoms with E-state index in [0.29, 0.717) is 5.75 Å². The minimum atomic E-state index is -2.11. The van der Waals surface area contributed by atoms with Crippen molar-refractivity contribution in [1.29, 1.82) is 0 Å². The Morgan fingerprint density at radius 2 is 1.96 bits per heavy atom. The molecule has 0 saturated carbocycles. The molecule has 1 aromatic carbocycles. The van der Waals surface area contributed by atoms with Crippen LogP contribution in [0.25, 0.3) is 5.76 Å².